The summed E-state index contributed by atoms with van der Waals surface area (Å²) in [5.74, 6) is 2.36. The fourth-order valence-corrected chi connectivity index (χ4v) is 3.47. The second-order valence-electron chi connectivity index (χ2n) is 5.55. The van der Waals surface area contributed by atoms with Gasteiger partial charge in [0.2, 0.25) is 5.16 Å². The lowest BCUT2D eigenvalue weighted by Gasteiger charge is -2.14. The molecule has 1 aromatic heterocycles. The van der Waals surface area contributed by atoms with Gasteiger partial charge in [-0.1, -0.05) is 47.7 Å². The van der Waals surface area contributed by atoms with Crippen LogP contribution in [0.4, 0.5) is 0 Å². The molecule has 5 nitrogen and oxygen atoms in total. The highest BCUT2D eigenvalue weighted by atomic mass is 32.2. The van der Waals surface area contributed by atoms with E-state index in [-0.39, 0.29) is 0 Å². The molecule has 0 fully saturated rings. The van der Waals surface area contributed by atoms with E-state index < -0.39 is 0 Å². The molecule has 0 N–H and O–H groups in total. The summed E-state index contributed by atoms with van der Waals surface area (Å²) in [7, 11) is 1.67. The summed E-state index contributed by atoms with van der Waals surface area (Å²) in [6.45, 7) is 2.07. The lowest BCUT2D eigenvalue weighted by Crippen LogP contribution is -2.13. The van der Waals surface area contributed by atoms with E-state index in [1.807, 2.05) is 41.1 Å². The molecule has 2 aromatic carbocycles. The molecule has 120 valence electrons. The Hall–Kier alpha value is -2.60. The van der Waals surface area contributed by atoms with Crippen LogP contribution in [0, 0.1) is 6.92 Å². The van der Waals surface area contributed by atoms with Gasteiger partial charge >= 0.3 is 0 Å². The van der Waals surface area contributed by atoms with E-state index in [0.717, 1.165) is 39.3 Å². The van der Waals surface area contributed by atoms with Crippen molar-refractivity contribution in [2.45, 2.75) is 12.1 Å². The van der Waals surface area contributed by atoms with Crippen LogP contribution in [-0.4, -0.2) is 33.4 Å². The van der Waals surface area contributed by atoms with Crippen molar-refractivity contribution in [3.8, 4) is 17.1 Å². The first-order valence-electron chi connectivity index (χ1n) is 7.62. The Balaban J connectivity index is 1.79. The van der Waals surface area contributed by atoms with Gasteiger partial charge in [-0.25, -0.2) is 0 Å². The molecule has 0 radical (unpaired) electrons. The van der Waals surface area contributed by atoms with Gasteiger partial charge in [-0.2, -0.15) is 9.78 Å². The minimum Gasteiger partial charge on any atom is -0.497 e. The summed E-state index contributed by atoms with van der Waals surface area (Å²) < 4.78 is 7.14. The molecule has 0 saturated carbocycles. The fourth-order valence-electron chi connectivity index (χ4n) is 2.64. The number of nitrogens with zero attached hydrogens (tertiary/aromatic N) is 4. The Kier molecular flexibility index (Phi) is 3.82. The third kappa shape index (κ3) is 2.69. The van der Waals surface area contributed by atoms with Crippen LogP contribution in [0.5, 0.6) is 5.75 Å². The van der Waals surface area contributed by atoms with Crippen LogP contribution in [-0.2, 0) is 0 Å². The number of hydrogen-bond donors (Lipinski definition) is 0. The molecule has 0 saturated heterocycles. The maximum atomic E-state index is 5.31. The van der Waals surface area contributed by atoms with Gasteiger partial charge in [-0.05, 0) is 25.1 Å². The van der Waals surface area contributed by atoms with Gasteiger partial charge in [-0.3, -0.25) is 0 Å². The number of ether oxygens (including phenoxy) is 1. The number of rotatable bonds is 3. The van der Waals surface area contributed by atoms with Crippen molar-refractivity contribution in [2.75, 3.05) is 12.9 Å². The van der Waals surface area contributed by atoms with Crippen LogP contribution < -0.4 is 4.74 Å². The van der Waals surface area contributed by atoms with Crippen LogP contribution in [0.1, 0.15) is 11.1 Å². The number of methoxy groups -OCH3 is 1. The SMILES string of the molecule is COc1cccc(C2=Nn3c(nnc3-c3cccc(C)c3)SC2)c1. The van der Waals surface area contributed by atoms with Crippen molar-refractivity contribution >= 4 is 17.5 Å². The molecule has 0 aliphatic carbocycles. The number of thioether (sulfide) groups is 1. The van der Waals surface area contributed by atoms with E-state index in [4.69, 9.17) is 9.84 Å². The van der Waals surface area contributed by atoms with E-state index >= 15 is 0 Å². The predicted octanol–water partition coefficient (Wildman–Crippen LogP) is 3.62. The van der Waals surface area contributed by atoms with Crippen LogP contribution in [0.2, 0.25) is 0 Å². The van der Waals surface area contributed by atoms with Crippen molar-refractivity contribution in [2.24, 2.45) is 5.10 Å². The molecule has 3 aromatic rings. The molecule has 2 heterocycles. The Morgan fingerprint density at radius 1 is 1.04 bits per heavy atom. The van der Waals surface area contributed by atoms with Gasteiger partial charge in [0.1, 0.15) is 5.75 Å². The molecule has 1 aliphatic heterocycles. The maximum Gasteiger partial charge on any atom is 0.212 e. The molecular formula is C18H16N4OS. The van der Waals surface area contributed by atoms with Gasteiger partial charge in [-0.15, -0.1) is 10.2 Å². The third-order valence-electron chi connectivity index (χ3n) is 3.85. The zero-order valence-corrected chi connectivity index (χ0v) is 14.2. The normalized spacial score (nSPS) is 13.3. The summed E-state index contributed by atoms with van der Waals surface area (Å²) in [5, 5.41) is 14.2. The predicted molar refractivity (Wildman–Crippen MR) is 95.8 cm³/mol. The third-order valence-corrected chi connectivity index (χ3v) is 4.78. The Labute approximate surface area is 144 Å². The molecule has 0 atom stereocenters. The highest BCUT2D eigenvalue weighted by Gasteiger charge is 2.20. The second kappa shape index (κ2) is 6.13. The fraction of sp³-hybridized carbons (Fsp3) is 0.167. The van der Waals surface area contributed by atoms with Crippen molar-refractivity contribution < 1.29 is 4.74 Å². The van der Waals surface area contributed by atoms with Crippen LogP contribution in [0.3, 0.4) is 0 Å². The molecule has 4 rings (SSSR count). The van der Waals surface area contributed by atoms with Crippen LogP contribution in [0.25, 0.3) is 11.4 Å². The van der Waals surface area contributed by atoms with Crippen molar-refractivity contribution in [1.29, 1.82) is 0 Å². The zero-order valence-electron chi connectivity index (χ0n) is 13.4. The summed E-state index contributed by atoms with van der Waals surface area (Å²) in [6.07, 6.45) is 0. The first-order valence-corrected chi connectivity index (χ1v) is 8.61. The number of aryl methyl sites for hydroxylation is 1. The molecule has 0 spiro atoms. The molecule has 0 amide bonds. The van der Waals surface area contributed by atoms with E-state index in [1.165, 1.54) is 5.56 Å². The zero-order chi connectivity index (χ0) is 16.5. The summed E-state index contributed by atoms with van der Waals surface area (Å²) >= 11 is 1.64. The van der Waals surface area contributed by atoms with Crippen molar-refractivity contribution in [1.82, 2.24) is 14.9 Å². The quantitative estimate of drug-likeness (QED) is 0.733. The lowest BCUT2D eigenvalue weighted by molar-refractivity contribution is 0.414. The largest absolute Gasteiger partial charge is 0.497 e. The Bertz CT molecular complexity index is 932. The van der Waals surface area contributed by atoms with Crippen LogP contribution in [0.15, 0.2) is 58.8 Å². The van der Waals surface area contributed by atoms with Gasteiger partial charge in [0.05, 0.1) is 12.8 Å². The average Bonchev–Trinajstić information content (AvgIpc) is 3.05. The van der Waals surface area contributed by atoms with Crippen molar-refractivity contribution in [3.05, 3.63) is 59.7 Å². The molecule has 0 unspecified atom stereocenters. The van der Waals surface area contributed by atoms with Gasteiger partial charge in [0.25, 0.3) is 0 Å². The first kappa shape index (κ1) is 15.0. The molecule has 6 heteroatoms. The minimum atomic E-state index is 0.763. The number of aromatic nitrogens is 3. The molecular weight excluding hydrogens is 320 g/mol. The van der Waals surface area contributed by atoms with Gasteiger partial charge in [0, 0.05) is 16.9 Å². The van der Waals surface area contributed by atoms with Crippen LogP contribution >= 0.6 is 11.8 Å². The average molecular weight is 336 g/mol. The molecule has 1 aliphatic rings. The van der Waals surface area contributed by atoms with Gasteiger partial charge < -0.3 is 4.74 Å². The summed E-state index contributed by atoms with van der Waals surface area (Å²) in [5.41, 5.74) is 4.24. The van der Waals surface area contributed by atoms with Crippen molar-refractivity contribution in [3.63, 3.8) is 0 Å². The van der Waals surface area contributed by atoms with E-state index in [2.05, 4.69) is 29.3 Å². The Morgan fingerprint density at radius 2 is 1.88 bits per heavy atom. The summed E-state index contributed by atoms with van der Waals surface area (Å²) in [4.78, 5) is 0. The number of fused-ring (bicyclic) bond motifs is 1. The van der Waals surface area contributed by atoms with E-state index in [1.54, 1.807) is 18.9 Å². The van der Waals surface area contributed by atoms with E-state index in [0.29, 0.717) is 0 Å². The number of hydrogen-bond acceptors (Lipinski definition) is 5. The van der Waals surface area contributed by atoms with E-state index in [9.17, 15) is 0 Å². The standard InChI is InChI=1S/C18H16N4OS/c1-12-5-3-7-14(9-12)17-19-20-18-22(17)21-16(11-24-18)13-6-4-8-15(10-13)23-2/h3-10H,11H2,1-2H3. The minimum absolute atomic E-state index is 0.763. The second-order valence-corrected chi connectivity index (χ2v) is 6.50. The molecule has 24 heavy (non-hydrogen) atoms. The number of benzene rings is 2. The highest BCUT2D eigenvalue weighted by molar-refractivity contribution is 7.99. The smallest absolute Gasteiger partial charge is 0.212 e. The Morgan fingerprint density at radius 3 is 2.71 bits per heavy atom. The summed E-state index contributed by atoms with van der Waals surface area (Å²) in [6, 6.07) is 16.2. The topological polar surface area (TPSA) is 52.3 Å². The monoisotopic (exact) mass is 336 g/mol. The first-order chi connectivity index (χ1) is 11.7. The van der Waals surface area contributed by atoms with Gasteiger partial charge in [0.15, 0.2) is 5.82 Å². The lowest BCUT2D eigenvalue weighted by atomic mass is 10.1. The maximum absolute atomic E-state index is 5.31. The molecule has 0 bridgehead atoms. The highest BCUT2D eigenvalue weighted by Crippen LogP contribution is 2.29.